The second-order valence-electron chi connectivity index (χ2n) is 32.1. The van der Waals surface area contributed by atoms with Gasteiger partial charge in [-0.05, 0) is 154 Å². The van der Waals surface area contributed by atoms with E-state index in [1.807, 2.05) is 171 Å². The van der Waals surface area contributed by atoms with E-state index in [1.165, 1.54) is 53.5 Å². The Morgan fingerprint density at radius 3 is 1.02 bits per heavy atom. The van der Waals surface area contributed by atoms with Crippen LogP contribution in [0.4, 0.5) is 28.4 Å². The summed E-state index contributed by atoms with van der Waals surface area (Å²) in [5.74, 6) is -0.0271. The van der Waals surface area contributed by atoms with Gasteiger partial charge in [0.2, 0.25) is 12.3 Å². The number of nitrogens with zero attached hydrogens (tertiary/aromatic N) is 9. The Hall–Kier alpha value is -11.4. The average molecular weight is 1650 g/mol. The molecule has 1 amide bonds. The van der Waals surface area contributed by atoms with Gasteiger partial charge in [-0.1, -0.05) is 250 Å². The van der Waals surface area contributed by atoms with E-state index in [9.17, 15) is 19.6 Å². The Kier molecular flexibility index (Phi) is 38.8. The van der Waals surface area contributed by atoms with Crippen LogP contribution in [-0.4, -0.2) is 189 Å². The molecule has 6 aliphatic heterocycles. The molecule has 5 fully saturated rings. The molecule has 5 saturated heterocycles. The van der Waals surface area contributed by atoms with E-state index in [0.29, 0.717) is 5.78 Å². The smallest absolute Gasteiger partial charge is 0.331 e. The van der Waals surface area contributed by atoms with Crippen molar-refractivity contribution in [2.75, 3.05) is 134 Å². The molecule has 0 aromatic heterocycles. The van der Waals surface area contributed by atoms with E-state index in [2.05, 4.69) is 214 Å². The molecule has 6 aliphatic rings. The molecule has 0 radical (unpaired) electrons. The van der Waals surface area contributed by atoms with Crippen molar-refractivity contribution in [3.63, 3.8) is 0 Å². The Balaban J connectivity index is 0.000000167. The highest BCUT2D eigenvalue weighted by Gasteiger charge is 2.45. The maximum absolute atomic E-state index is 12.5. The van der Waals surface area contributed by atoms with Crippen molar-refractivity contribution >= 4 is 52.4 Å². The number of esters is 1. The molecule has 0 atom stereocenters. The van der Waals surface area contributed by atoms with Crippen LogP contribution < -0.4 is 32.3 Å². The standard InChI is InChI=1S/C20H23N3.C20H24N2O2.C19H23N3O.C19H21N3.C12H15NO.C6H7N.C5H13NO2.CH4/c1-3-7-18(8-4-1)15-22-13-11-20(12-14-22)16-21-17-23(20)19-9-5-2-6-10-19;1-24-19(23)20(21-18-10-6-3-7-11-18)12-14-22(15-13-20)16-17-8-4-2-5-9-17;20-18(23)19(21-17-9-5-2-6-10-17)11-13-22(14-12-19)15-16-7-3-1-4-8-16;20-16-19(21-18-9-5-2-6-10-18)11-13-22(14-12-19)15-17-7-3-1-4-8-17;14-12-6-8-13(9-7-12)10-11-4-2-1-3-5-11;7-6-4-2-1-3-5-6;1-6(2)5(7-3)8-4;/h1-10,17H,11-16H2;2-11,21H,12-16H2,1H3;1-10,21H,11-15H2,(H2,20,23);1-10,21H,11-15H2;1-5H,6-10H2;1-5H,7H2;5H,1-4H3;1H4. The molecule has 644 valence electrons. The first-order chi connectivity index (χ1) is 59.0. The quantitative estimate of drug-likeness (QED) is 0.0241. The van der Waals surface area contributed by atoms with E-state index >= 15 is 0 Å². The Bertz CT molecular complexity index is 4600. The largest absolute Gasteiger partial charge is 0.467 e. The van der Waals surface area contributed by atoms with E-state index in [-0.39, 0.29) is 31.3 Å². The minimum absolute atomic E-state index is 0. The molecule has 20 nitrogen and oxygen atoms in total. The predicted octanol–water partition coefficient (Wildman–Crippen LogP) is 17.0. The van der Waals surface area contributed by atoms with E-state index in [0.717, 1.165) is 179 Å². The number of Topliss-reactive ketones (excluding diaryl/α,β-unsaturated/α-hetero) is 1. The Labute approximate surface area is 726 Å². The highest BCUT2D eigenvalue weighted by Crippen LogP contribution is 2.37. The fraction of sp³-hybridized carbons (Fsp3) is 0.363. The van der Waals surface area contributed by atoms with E-state index in [1.54, 1.807) is 14.2 Å². The number of nitrogens with one attached hydrogen (secondary N) is 3. The van der Waals surface area contributed by atoms with Crippen LogP contribution in [0.5, 0.6) is 0 Å². The lowest BCUT2D eigenvalue weighted by atomic mass is 9.86. The summed E-state index contributed by atoms with van der Waals surface area (Å²) in [7, 11) is 8.45. The first kappa shape index (κ1) is 94.5. The molecule has 0 saturated carbocycles. The molecule has 122 heavy (non-hydrogen) atoms. The molecule has 16 rings (SSSR count). The molecule has 20 heteroatoms. The zero-order valence-corrected chi connectivity index (χ0v) is 71.5. The average Bonchev–Trinajstić information content (AvgIpc) is 1.61. The highest BCUT2D eigenvalue weighted by molar-refractivity contribution is 5.88. The summed E-state index contributed by atoms with van der Waals surface area (Å²) in [4.78, 5) is 56.5. The van der Waals surface area contributed by atoms with Crippen LogP contribution in [0, 0.1) is 11.3 Å². The summed E-state index contributed by atoms with van der Waals surface area (Å²) in [5.41, 5.74) is 21.3. The van der Waals surface area contributed by atoms with Gasteiger partial charge in [0.15, 0.2) is 0 Å². The predicted molar refractivity (Wildman–Crippen MR) is 499 cm³/mol. The van der Waals surface area contributed by atoms with Gasteiger partial charge in [0.25, 0.3) is 0 Å². The third-order valence-corrected chi connectivity index (χ3v) is 23.1. The third-order valence-electron chi connectivity index (χ3n) is 23.1. The van der Waals surface area contributed by atoms with Crippen molar-refractivity contribution in [1.29, 1.82) is 5.26 Å². The number of aliphatic imine (C=N–C) groups is 1. The molecule has 10 aromatic rings. The normalized spacial score (nSPS) is 17.0. The Morgan fingerprint density at radius 2 is 0.721 bits per heavy atom. The number of hydrogen-bond acceptors (Lipinski definition) is 19. The number of likely N-dealkylation sites (tertiary alicyclic amines) is 5. The maximum atomic E-state index is 12.5. The molecule has 6 heterocycles. The van der Waals surface area contributed by atoms with Crippen LogP contribution in [0.1, 0.15) is 99.5 Å². The van der Waals surface area contributed by atoms with Crippen LogP contribution in [0.15, 0.2) is 308 Å². The van der Waals surface area contributed by atoms with Gasteiger partial charge < -0.3 is 46.5 Å². The molecule has 0 bridgehead atoms. The van der Waals surface area contributed by atoms with Gasteiger partial charge in [-0.3, -0.25) is 44.0 Å². The number of ether oxygens (including phenoxy) is 3. The molecule has 10 aromatic carbocycles. The molecular formula is C102H130N14O6. The van der Waals surface area contributed by atoms with E-state index < -0.39 is 16.6 Å². The van der Waals surface area contributed by atoms with Gasteiger partial charge >= 0.3 is 5.97 Å². The number of hydrogen-bond donors (Lipinski definition) is 5. The highest BCUT2D eigenvalue weighted by atomic mass is 16.7. The number of nitrogens with two attached hydrogens (primary N) is 2. The fourth-order valence-corrected chi connectivity index (χ4v) is 16.0. The number of rotatable bonds is 22. The van der Waals surface area contributed by atoms with Crippen molar-refractivity contribution in [3.8, 4) is 6.07 Å². The zero-order valence-electron chi connectivity index (χ0n) is 71.5. The third kappa shape index (κ3) is 30.4. The summed E-state index contributed by atoms with van der Waals surface area (Å²) in [6, 6.07) is 105. The summed E-state index contributed by atoms with van der Waals surface area (Å²) in [5, 5.41) is 19.9. The lowest BCUT2D eigenvalue weighted by Crippen LogP contribution is -2.56. The van der Waals surface area contributed by atoms with Gasteiger partial charge in [-0.2, -0.15) is 5.26 Å². The van der Waals surface area contributed by atoms with Crippen LogP contribution in [0.2, 0.25) is 0 Å². The number of amides is 1. The SMILES string of the molecule is C.C1=NCC2(CCN(Cc3ccccc3)CC2)N1c1ccccc1.COC(=O)C1(Nc2ccccc2)CCN(Cc2ccccc2)CC1.COC(OC)N(C)C.N#CC1(Nc2ccccc2)CCN(Cc2ccccc2)CC1.NC(=O)C1(Nc2ccccc2)CCN(Cc2ccccc2)CC1.Nc1ccccc1.O=C1CCN(Cc2ccccc2)CC1. The summed E-state index contributed by atoms with van der Waals surface area (Å²) < 4.78 is 14.8. The number of piperidine rings is 5. The maximum Gasteiger partial charge on any atom is 0.331 e. The van der Waals surface area contributed by atoms with Gasteiger partial charge in [-0.25, -0.2) is 4.79 Å². The van der Waals surface area contributed by atoms with Gasteiger partial charge in [0.1, 0.15) is 22.4 Å². The number of benzene rings is 10. The minimum atomic E-state index is -0.644. The lowest BCUT2D eigenvalue weighted by Gasteiger charge is -2.44. The Morgan fingerprint density at radius 1 is 0.426 bits per heavy atom. The first-order valence-corrected chi connectivity index (χ1v) is 42.5. The second kappa shape index (κ2) is 50.2. The number of nitriles is 1. The minimum Gasteiger partial charge on any atom is -0.467 e. The number of ketones is 1. The topological polar surface area (TPSA) is 226 Å². The summed E-state index contributed by atoms with van der Waals surface area (Å²) in [6.45, 7) is 15.2. The lowest BCUT2D eigenvalue weighted by molar-refractivity contribution is -0.179. The van der Waals surface area contributed by atoms with Crippen molar-refractivity contribution in [3.05, 3.63) is 331 Å². The molecule has 0 unspecified atom stereocenters. The fourth-order valence-electron chi connectivity index (χ4n) is 16.0. The van der Waals surface area contributed by atoms with Gasteiger partial charge in [-0.15, -0.1) is 0 Å². The monoisotopic (exact) mass is 1650 g/mol. The van der Waals surface area contributed by atoms with Crippen molar-refractivity contribution in [2.24, 2.45) is 10.7 Å². The van der Waals surface area contributed by atoms with Gasteiger partial charge in [0, 0.05) is 154 Å². The van der Waals surface area contributed by atoms with Gasteiger partial charge in [0.05, 0.1) is 31.6 Å². The van der Waals surface area contributed by atoms with E-state index in [4.69, 9.17) is 25.7 Å². The van der Waals surface area contributed by atoms with Crippen molar-refractivity contribution in [1.82, 2.24) is 29.4 Å². The summed E-state index contributed by atoms with van der Waals surface area (Å²) >= 11 is 0. The molecular weight excluding hydrogens is 1520 g/mol. The second-order valence-corrected chi connectivity index (χ2v) is 32.1. The number of carbonyl (C=O) groups is 3. The first-order valence-electron chi connectivity index (χ1n) is 42.5. The number of anilines is 5. The van der Waals surface area contributed by atoms with Crippen molar-refractivity contribution in [2.45, 2.75) is 133 Å². The van der Waals surface area contributed by atoms with Crippen LogP contribution in [-0.2, 0) is 61.3 Å². The van der Waals surface area contributed by atoms with Crippen LogP contribution >= 0.6 is 0 Å². The molecule has 7 N–H and O–H groups in total. The molecule has 0 aliphatic carbocycles. The van der Waals surface area contributed by atoms with Crippen LogP contribution in [0.3, 0.4) is 0 Å². The zero-order chi connectivity index (χ0) is 85.2. The summed E-state index contributed by atoms with van der Waals surface area (Å²) in [6.07, 6.45) is 10.3. The number of primary amides is 1. The number of carbonyl (C=O) groups excluding carboxylic acids is 3. The number of para-hydroxylation sites is 5. The number of nitrogen functional groups attached to an aromatic ring is 1. The molecule has 1 spiro atoms. The number of methoxy groups -OCH3 is 3. The van der Waals surface area contributed by atoms with Crippen LogP contribution in [0.25, 0.3) is 0 Å². The van der Waals surface area contributed by atoms with Crippen molar-refractivity contribution < 1.29 is 28.6 Å².